The molecule has 1 amide bonds. The predicted molar refractivity (Wildman–Crippen MR) is 75.5 cm³/mol. The van der Waals surface area contributed by atoms with Gasteiger partial charge >= 0.3 is 0 Å². The molecule has 0 saturated heterocycles. The van der Waals surface area contributed by atoms with Crippen LogP contribution in [0.4, 0.5) is 11.4 Å². The van der Waals surface area contributed by atoms with E-state index in [1.54, 1.807) is 5.51 Å². The number of nitrogens with one attached hydrogen (secondary N) is 1. The first-order valence-corrected chi connectivity index (χ1v) is 6.58. The number of nitrogens with two attached hydrogens (primary N) is 1. The van der Waals surface area contributed by atoms with E-state index in [1.807, 2.05) is 6.92 Å². The van der Waals surface area contributed by atoms with Gasteiger partial charge in [-0.25, -0.2) is 4.98 Å². The number of nitrogens with zero attached hydrogens (tertiary/aromatic N) is 2. The fourth-order valence-electron chi connectivity index (χ4n) is 1.66. The summed E-state index contributed by atoms with van der Waals surface area (Å²) in [6.07, 6.45) is 0. The van der Waals surface area contributed by atoms with Gasteiger partial charge in [-0.05, 0) is 13.0 Å². The van der Waals surface area contributed by atoms with E-state index in [0.29, 0.717) is 6.54 Å². The number of benzene rings is 1. The van der Waals surface area contributed by atoms with E-state index in [-0.39, 0.29) is 16.9 Å². The Bertz CT molecular complexity index is 668. The van der Waals surface area contributed by atoms with Gasteiger partial charge < -0.3 is 11.1 Å². The van der Waals surface area contributed by atoms with E-state index in [1.165, 1.54) is 29.5 Å². The Labute approximate surface area is 118 Å². The first kappa shape index (κ1) is 13.9. The van der Waals surface area contributed by atoms with E-state index in [9.17, 15) is 14.9 Å². The van der Waals surface area contributed by atoms with Crippen molar-refractivity contribution in [3.8, 4) is 0 Å². The summed E-state index contributed by atoms with van der Waals surface area (Å²) in [5, 5.41) is 13.5. The molecule has 0 atom stereocenters. The smallest absolute Gasteiger partial charge is 0.292 e. The molecule has 0 spiro atoms. The Balaban J connectivity index is 2.16. The van der Waals surface area contributed by atoms with Crippen molar-refractivity contribution in [1.82, 2.24) is 10.3 Å². The number of anilines is 1. The molecule has 0 aliphatic heterocycles. The van der Waals surface area contributed by atoms with Gasteiger partial charge in [-0.15, -0.1) is 11.3 Å². The molecule has 2 aromatic rings. The molecule has 0 aliphatic rings. The Morgan fingerprint density at radius 3 is 2.90 bits per heavy atom. The van der Waals surface area contributed by atoms with Crippen LogP contribution in [0.15, 0.2) is 23.7 Å². The van der Waals surface area contributed by atoms with Gasteiger partial charge in [-0.1, -0.05) is 6.07 Å². The number of carbonyl (C=O) groups is 1. The molecule has 0 bridgehead atoms. The summed E-state index contributed by atoms with van der Waals surface area (Å²) in [4.78, 5) is 27.2. The lowest BCUT2D eigenvalue weighted by Gasteiger charge is -2.07. The zero-order valence-corrected chi connectivity index (χ0v) is 11.4. The van der Waals surface area contributed by atoms with Gasteiger partial charge in [0.1, 0.15) is 5.69 Å². The second kappa shape index (κ2) is 5.66. The van der Waals surface area contributed by atoms with Gasteiger partial charge in [0, 0.05) is 10.9 Å². The number of carbonyl (C=O) groups excluding carboxylic acids is 1. The minimum absolute atomic E-state index is 0.0985. The quantitative estimate of drug-likeness (QED) is 0.507. The molecule has 0 saturated carbocycles. The highest BCUT2D eigenvalue weighted by atomic mass is 32.1. The van der Waals surface area contributed by atoms with Gasteiger partial charge in [0.15, 0.2) is 0 Å². The normalized spacial score (nSPS) is 10.2. The maximum atomic E-state index is 12.0. The van der Waals surface area contributed by atoms with Crippen molar-refractivity contribution < 1.29 is 9.72 Å². The van der Waals surface area contributed by atoms with Crippen LogP contribution >= 0.6 is 11.3 Å². The summed E-state index contributed by atoms with van der Waals surface area (Å²) in [5.41, 5.74) is 7.89. The minimum Gasteiger partial charge on any atom is -0.393 e. The molecule has 0 unspecified atom stereocenters. The first-order valence-electron chi connectivity index (χ1n) is 5.70. The Hall–Kier alpha value is -2.48. The van der Waals surface area contributed by atoms with Crippen molar-refractivity contribution >= 4 is 28.6 Å². The third-order valence-corrected chi connectivity index (χ3v) is 3.71. The highest BCUT2D eigenvalue weighted by molar-refractivity contribution is 7.09. The van der Waals surface area contributed by atoms with Gasteiger partial charge in [0.05, 0.1) is 28.2 Å². The number of rotatable bonds is 4. The van der Waals surface area contributed by atoms with Crippen molar-refractivity contribution in [2.45, 2.75) is 13.5 Å². The number of aromatic nitrogens is 1. The Morgan fingerprint density at radius 1 is 1.55 bits per heavy atom. The number of nitrogen functional groups attached to an aromatic ring is 1. The van der Waals surface area contributed by atoms with Crippen LogP contribution in [-0.2, 0) is 6.54 Å². The number of para-hydroxylation sites is 1. The zero-order chi connectivity index (χ0) is 14.7. The second-order valence-electron chi connectivity index (χ2n) is 4.04. The highest BCUT2D eigenvalue weighted by Crippen LogP contribution is 2.24. The Kier molecular flexibility index (Phi) is 3.94. The summed E-state index contributed by atoms with van der Waals surface area (Å²) >= 11 is 1.43. The van der Waals surface area contributed by atoms with E-state index in [2.05, 4.69) is 10.3 Å². The van der Waals surface area contributed by atoms with Crippen molar-refractivity contribution in [2.24, 2.45) is 0 Å². The van der Waals surface area contributed by atoms with Crippen LogP contribution in [0.25, 0.3) is 0 Å². The van der Waals surface area contributed by atoms with Crippen LogP contribution in [0.3, 0.4) is 0 Å². The number of nitro groups is 1. The van der Waals surface area contributed by atoms with Crippen molar-refractivity contribution in [3.63, 3.8) is 0 Å². The average Bonchev–Trinajstić information content (AvgIpc) is 2.81. The van der Waals surface area contributed by atoms with E-state index in [4.69, 9.17) is 5.73 Å². The molecule has 0 radical (unpaired) electrons. The molecule has 0 aliphatic carbocycles. The molecule has 20 heavy (non-hydrogen) atoms. The third kappa shape index (κ3) is 2.75. The van der Waals surface area contributed by atoms with Crippen LogP contribution in [-0.4, -0.2) is 15.8 Å². The minimum atomic E-state index is -0.612. The van der Waals surface area contributed by atoms with E-state index < -0.39 is 10.8 Å². The summed E-state index contributed by atoms with van der Waals surface area (Å²) in [5.74, 6) is -0.445. The summed E-state index contributed by atoms with van der Waals surface area (Å²) in [6.45, 7) is 2.16. The first-order chi connectivity index (χ1) is 9.50. The molecule has 2 rings (SSSR count). The SMILES string of the molecule is Cc1ncsc1CNC(=O)c1cccc([N+](=O)[O-])c1N. The van der Waals surface area contributed by atoms with Crippen molar-refractivity contribution in [2.75, 3.05) is 5.73 Å². The lowest BCUT2D eigenvalue weighted by atomic mass is 10.1. The number of amides is 1. The Morgan fingerprint density at radius 2 is 2.30 bits per heavy atom. The number of hydrogen-bond donors (Lipinski definition) is 2. The number of aryl methyl sites for hydroxylation is 1. The average molecular weight is 292 g/mol. The number of nitro benzene ring substituents is 1. The molecule has 1 aromatic carbocycles. The molecule has 1 heterocycles. The second-order valence-corrected chi connectivity index (χ2v) is 4.98. The van der Waals surface area contributed by atoms with Gasteiger partial charge in [-0.3, -0.25) is 14.9 Å². The van der Waals surface area contributed by atoms with E-state index in [0.717, 1.165) is 10.6 Å². The topological polar surface area (TPSA) is 111 Å². The highest BCUT2D eigenvalue weighted by Gasteiger charge is 2.18. The number of hydrogen-bond acceptors (Lipinski definition) is 6. The number of thiazole rings is 1. The standard InChI is InChI=1S/C12H12N4O3S/c1-7-10(20-6-15-7)5-14-12(17)8-3-2-4-9(11(8)13)16(18)19/h2-4,6H,5,13H2,1H3,(H,14,17). The summed E-state index contributed by atoms with van der Waals surface area (Å²) in [6, 6.07) is 4.15. The fraction of sp³-hybridized carbons (Fsp3) is 0.167. The van der Waals surface area contributed by atoms with Crippen molar-refractivity contribution in [3.05, 3.63) is 50.0 Å². The molecular weight excluding hydrogens is 280 g/mol. The van der Waals surface area contributed by atoms with Crippen LogP contribution in [0.5, 0.6) is 0 Å². The van der Waals surface area contributed by atoms with Crippen LogP contribution < -0.4 is 11.1 Å². The van der Waals surface area contributed by atoms with Gasteiger partial charge in [0.25, 0.3) is 11.6 Å². The predicted octanol–water partition coefficient (Wildman–Crippen LogP) is 1.87. The molecule has 3 N–H and O–H groups in total. The molecule has 8 heteroatoms. The largest absolute Gasteiger partial charge is 0.393 e. The monoisotopic (exact) mass is 292 g/mol. The van der Waals surface area contributed by atoms with Crippen molar-refractivity contribution in [1.29, 1.82) is 0 Å². The fourth-order valence-corrected chi connectivity index (χ4v) is 2.38. The zero-order valence-electron chi connectivity index (χ0n) is 10.6. The van der Waals surface area contributed by atoms with Crippen LogP contribution in [0.1, 0.15) is 20.9 Å². The summed E-state index contributed by atoms with van der Waals surface area (Å²) < 4.78 is 0. The molecule has 7 nitrogen and oxygen atoms in total. The maximum Gasteiger partial charge on any atom is 0.292 e. The lowest BCUT2D eigenvalue weighted by molar-refractivity contribution is -0.383. The molecule has 0 fully saturated rings. The molecule has 1 aromatic heterocycles. The van der Waals surface area contributed by atoms with Crippen LogP contribution in [0, 0.1) is 17.0 Å². The van der Waals surface area contributed by atoms with Gasteiger partial charge in [0.2, 0.25) is 0 Å². The molecular formula is C12H12N4O3S. The molecule has 104 valence electrons. The van der Waals surface area contributed by atoms with E-state index >= 15 is 0 Å². The maximum absolute atomic E-state index is 12.0. The van der Waals surface area contributed by atoms with Gasteiger partial charge in [-0.2, -0.15) is 0 Å². The van der Waals surface area contributed by atoms with Crippen LogP contribution in [0.2, 0.25) is 0 Å². The summed E-state index contributed by atoms with van der Waals surface area (Å²) in [7, 11) is 0. The lowest BCUT2D eigenvalue weighted by Crippen LogP contribution is -2.24. The third-order valence-electron chi connectivity index (χ3n) is 2.78.